The van der Waals surface area contributed by atoms with Crippen molar-refractivity contribution < 1.29 is 19.1 Å². The predicted octanol–water partition coefficient (Wildman–Crippen LogP) is 5.40. The second-order valence-corrected chi connectivity index (χ2v) is 14.9. The molecule has 0 bridgehead atoms. The van der Waals surface area contributed by atoms with Gasteiger partial charge in [0.2, 0.25) is 0 Å². The fourth-order valence-corrected chi connectivity index (χ4v) is 9.27. The van der Waals surface area contributed by atoms with Gasteiger partial charge in [0.15, 0.2) is 0 Å². The fraction of sp³-hybridized carbons (Fsp3) is 0.559. The molecule has 1 N–H and O–H groups in total. The number of ether oxygens (including phenoxy) is 1. The van der Waals surface area contributed by atoms with E-state index < -0.39 is 11.8 Å². The lowest BCUT2D eigenvalue weighted by Gasteiger charge is -2.57. The van der Waals surface area contributed by atoms with E-state index in [1.54, 1.807) is 4.90 Å². The molecule has 2 atom stereocenters. The topological polar surface area (TPSA) is 88.7 Å². The summed E-state index contributed by atoms with van der Waals surface area (Å²) in [6.07, 6.45) is 4.83. The van der Waals surface area contributed by atoms with E-state index >= 15 is 0 Å². The van der Waals surface area contributed by atoms with Crippen LogP contribution in [0.5, 0.6) is 0 Å². The van der Waals surface area contributed by atoms with Gasteiger partial charge in [0, 0.05) is 78.8 Å². The third-order valence-electron chi connectivity index (χ3n) is 10.4. The van der Waals surface area contributed by atoms with Gasteiger partial charge < -0.3 is 24.6 Å². The number of hydrogen-bond acceptors (Lipinski definition) is 7. The minimum atomic E-state index is -0.891. The Labute approximate surface area is 288 Å². The number of carbonyl (C=O) groups is 3. The van der Waals surface area contributed by atoms with Crippen molar-refractivity contribution >= 4 is 56.0 Å². The van der Waals surface area contributed by atoms with Gasteiger partial charge in [-0.15, -0.1) is 0 Å². The normalized spacial score (nSPS) is 25.5. The number of para-hydroxylation sites is 1. The molecule has 0 aliphatic carbocycles. The van der Waals surface area contributed by atoms with Gasteiger partial charge in [0.1, 0.15) is 18.6 Å². The van der Waals surface area contributed by atoms with Gasteiger partial charge in [-0.3, -0.25) is 14.7 Å². The SMILES string of the molecule is CN1CCC(N2CCN([C@]3(CC=O)C[C@H](N4CCc5ccccc5NC4=O)CCN3C(=O)OCc3cc(Br)cc(Br)c3)CC2)CC1. The zero-order valence-electron chi connectivity index (χ0n) is 26.5. The number of anilines is 1. The second-order valence-electron chi connectivity index (χ2n) is 13.1. The third kappa shape index (κ3) is 7.31. The Hall–Kier alpha value is -2.51. The van der Waals surface area contributed by atoms with E-state index in [2.05, 4.69) is 65.0 Å². The highest BCUT2D eigenvalue weighted by Gasteiger charge is 2.52. The first-order valence-electron chi connectivity index (χ1n) is 16.4. The number of piperidine rings is 2. The lowest BCUT2D eigenvalue weighted by atomic mass is 9.85. The molecule has 3 saturated heterocycles. The summed E-state index contributed by atoms with van der Waals surface area (Å²) >= 11 is 7.04. The Morgan fingerprint density at radius 3 is 2.37 bits per heavy atom. The molecular weight excluding hydrogens is 716 g/mol. The van der Waals surface area contributed by atoms with Crippen molar-refractivity contribution in [1.29, 1.82) is 0 Å². The molecule has 4 aliphatic heterocycles. The lowest BCUT2D eigenvalue weighted by molar-refractivity contribution is -0.130. The van der Waals surface area contributed by atoms with Crippen LogP contribution in [0, 0.1) is 0 Å². The van der Waals surface area contributed by atoms with Crippen molar-refractivity contribution in [2.75, 3.05) is 64.7 Å². The van der Waals surface area contributed by atoms with Crippen molar-refractivity contribution in [3.8, 4) is 0 Å². The Balaban J connectivity index is 1.24. The number of piperazine rings is 1. The zero-order chi connectivity index (χ0) is 32.3. The van der Waals surface area contributed by atoms with E-state index in [1.165, 1.54) is 0 Å². The first-order chi connectivity index (χ1) is 22.3. The van der Waals surface area contributed by atoms with Gasteiger partial charge in [0.05, 0.1) is 0 Å². The number of likely N-dealkylation sites (tertiary alicyclic amines) is 2. The maximum Gasteiger partial charge on any atom is 0.411 e. The van der Waals surface area contributed by atoms with E-state index in [4.69, 9.17) is 4.74 Å². The van der Waals surface area contributed by atoms with Gasteiger partial charge in [-0.05, 0) is 81.2 Å². The maximum atomic E-state index is 14.0. The summed E-state index contributed by atoms with van der Waals surface area (Å²) in [5, 5.41) is 3.12. The van der Waals surface area contributed by atoms with Crippen LogP contribution in [0.4, 0.5) is 15.3 Å². The average molecular weight is 761 g/mol. The van der Waals surface area contributed by atoms with Crippen molar-refractivity contribution in [1.82, 2.24) is 24.5 Å². The number of carbonyl (C=O) groups excluding carboxylic acids is 3. The predicted molar refractivity (Wildman–Crippen MR) is 185 cm³/mol. The van der Waals surface area contributed by atoms with Crippen LogP contribution in [0.25, 0.3) is 0 Å². The Kier molecular flexibility index (Phi) is 10.7. The molecule has 46 heavy (non-hydrogen) atoms. The van der Waals surface area contributed by atoms with Crippen molar-refractivity contribution in [2.45, 2.75) is 62.9 Å². The molecule has 4 heterocycles. The van der Waals surface area contributed by atoms with Crippen LogP contribution in [0.1, 0.15) is 43.2 Å². The Morgan fingerprint density at radius 2 is 1.65 bits per heavy atom. The van der Waals surface area contributed by atoms with E-state index in [9.17, 15) is 14.4 Å². The van der Waals surface area contributed by atoms with Crippen LogP contribution in [-0.2, 0) is 22.6 Å². The van der Waals surface area contributed by atoms with Gasteiger partial charge >= 0.3 is 12.1 Å². The summed E-state index contributed by atoms with van der Waals surface area (Å²) in [5.74, 6) is 0. The van der Waals surface area contributed by atoms with E-state index in [0.29, 0.717) is 32.0 Å². The molecule has 0 radical (unpaired) electrons. The van der Waals surface area contributed by atoms with Crippen LogP contribution < -0.4 is 5.32 Å². The van der Waals surface area contributed by atoms with Crippen molar-refractivity contribution in [2.24, 2.45) is 0 Å². The first kappa shape index (κ1) is 33.4. The van der Waals surface area contributed by atoms with Gasteiger partial charge in [-0.2, -0.15) is 0 Å². The van der Waals surface area contributed by atoms with Crippen LogP contribution in [0.2, 0.25) is 0 Å². The van der Waals surface area contributed by atoms with Crippen molar-refractivity contribution in [3.63, 3.8) is 0 Å². The standard InChI is InChI=1S/C34H44Br2N6O4/c1-38-11-7-29(8-12-38)39-15-17-40(18-16-39)34(10-19-43)23-30(41-13-6-26-4-2-3-5-31(26)37-32(41)44)9-14-42(34)33(45)46-24-25-20-27(35)22-28(36)21-25/h2-5,19-22,29-30H,6-18,23-24H2,1H3,(H,37,44)/t30-,34+/m1/s1. The maximum absolute atomic E-state index is 14.0. The molecule has 0 spiro atoms. The minimum Gasteiger partial charge on any atom is -0.444 e. The average Bonchev–Trinajstić information content (AvgIpc) is 3.22. The molecular formula is C34H44Br2N6O4. The highest BCUT2D eigenvalue weighted by Crippen LogP contribution is 2.39. The van der Waals surface area contributed by atoms with Crippen LogP contribution in [0.3, 0.4) is 0 Å². The molecule has 0 aromatic heterocycles. The summed E-state index contributed by atoms with van der Waals surface area (Å²) in [6, 6.07) is 14.0. The van der Waals surface area contributed by atoms with Crippen molar-refractivity contribution in [3.05, 3.63) is 62.5 Å². The van der Waals surface area contributed by atoms with Crippen LogP contribution in [-0.4, -0.2) is 120 Å². The van der Waals surface area contributed by atoms with Gasteiger partial charge in [0.25, 0.3) is 0 Å². The fourth-order valence-electron chi connectivity index (χ4n) is 7.88. The van der Waals surface area contributed by atoms with Gasteiger partial charge in [-0.25, -0.2) is 9.59 Å². The molecule has 3 amide bonds. The van der Waals surface area contributed by atoms with Crippen LogP contribution in [0.15, 0.2) is 51.4 Å². The number of benzene rings is 2. The zero-order valence-corrected chi connectivity index (χ0v) is 29.7. The number of nitrogens with one attached hydrogen (secondary N) is 1. The number of amides is 3. The number of halogens is 2. The highest BCUT2D eigenvalue weighted by molar-refractivity contribution is 9.11. The van der Waals surface area contributed by atoms with E-state index in [1.807, 2.05) is 41.3 Å². The summed E-state index contributed by atoms with van der Waals surface area (Å²) in [7, 11) is 2.18. The smallest absolute Gasteiger partial charge is 0.411 e. The van der Waals surface area contributed by atoms with E-state index in [-0.39, 0.29) is 25.1 Å². The molecule has 4 aliphatic rings. The van der Waals surface area contributed by atoms with E-state index in [0.717, 1.165) is 90.6 Å². The Morgan fingerprint density at radius 1 is 0.957 bits per heavy atom. The molecule has 2 aromatic carbocycles. The number of fused-ring (bicyclic) bond motifs is 1. The number of aldehydes is 1. The summed E-state index contributed by atoms with van der Waals surface area (Å²) < 4.78 is 7.74. The second kappa shape index (κ2) is 14.7. The monoisotopic (exact) mass is 758 g/mol. The molecule has 12 heteroatoms. The molecule has 2 aromatic rings. The number of urea groups is 1. The third-order valence-corrected chi connectivity index (χ3v) is 11.3. The largest absolute Gasteiger partial charge is 0.444 e. The summed E-state index contributed by atoms with van der Waals surface area (Å²) in [5.41, 5.74) is 1.93. The summed E-state index contributed by atoms with van der Waals surface area (Å²) in [6.45, 7) is 6.56. The highest BCUT2D eigenvalue weighted by atomic mass is 79.9. The first-order valence-corrected chi connectivity index (χ1v) is 18.0. The molecule has 3 fully saturated rings. The lowest BCUT2D eigenvalue weighted by Crippen LogP contribution is -2.71. The molecule has 248 valence electrons. The summed E-state index contributed by atoms with van der Waals surface area (Å²) in [4.78, 5) is 51.1. The van der Waals surface area contributed by atoms with Crippen LogP contribution >= 0.6 is 31.9 Å². The molecule has 0 saturated carbocycles. The molecule has 6 rings (SSSR count). The minimum absolute atomic E-state index is 0.116. The molecule has 0 unspecified atom stereocenters. The number of nitrogens with zero attached hydrogens (tertiary/aromatic N) is 5. The number of rotatable bonds is 7. The quantitative estimate of drug-likeness (QED) is 0.379. The van der Waals surface area contributed by atoms with Gasteiger partial charge in [-0.1, -0.05) is 50.1 Å². The Bertz CT molecular complexity index is 1390. The number of hydrogen-bond donors (Lipinski definition) is 1. The molecule has 10 nitrogen and oxygen atoms in total.